The Balaban J connectivity index is 4.10. The molecule has 16 heavy (non-hydrogen) atoms. The number of hydrogen-bond donors (Lipinski definition) is 0. The Morgan fingerprint density at radius 2 is 1.81 bits per heavy atom. The van der Waals surface area contributed by atoms with Crippen LogP contribution in [0.2, 0.25) is 0 Å². The van der Waals surface area contributed by atoms with Gasteiger partial charge in [-0.2, -0.15) is 0 Å². The van der Waals surface area contributed by atoms with E-state index in [2.05, 4.69) is 19.1 Å². The van der Waals surface area contributed by atoms with E-state index in [0.717, 1.165) is 32.1 Å². The highest BCUT2D eigenvalue weighted by Gasteiger charge is 2.31. The highest BCUT2D eigenvalue weighted by Crippen LogP contribution is 2.54. The van der Waals surface area contributed by atoms with Gasteiger partial charge in [-0.05, 0) is 32.1 Å². The van der Waals surface area contributed by atoms with E-state index in [4.69, 9.17) is 9.05 Å². The first-order chi connectivity index (χ1) is 7.64. The molecular formula is C12H25O3P. The molecule has 0 aromatic heterocycles. The zero-order valence-electron chi connectivity index (χ0n) is 10.9. The fraction of sp³-hybridized carbons (Fsp3) is 0.833. The maximum atomic E-state index is 12.1. The first-order valence-corrected chi connectivity index (χ1v) is 7.61. The third-order valence-electron chi connectivity index (χ3n) is 2.74. The van der Waals surface area contributed by atoms with E-state index in [1.807, 2.05) is 6.92 Å². The lowest BCUT2D eigenvalue weighted by atomic mass is 10.1. The maximum absolute atomic E-state index is 12.1. The molecule has 0 bridgehead atoms. The molecule has 1 unspecified atom stereocenters. The molecule has 0 fully saturated rings. The van der Waals surface area contributed by atoms with Crippen molar-refractivity contribution in [2.45, 2.75) is 51.6 Å². The predicted octanol–water partition coefficient (Wildman–Crippen LogP) is 4.39. The molecule has 0 aromatic carbocycles. The summed E-state index contributed by atoms with van der Waals surface area (Å²) in [5.41, 5.74) is 0.0255. The quantitative estimate of drug-likeness (QED) is 0.345. The van der Waals surface area contributed by atoms with Crippen LogP contribution in [0.25, 0.3) is 0 Å². The SMILES string of the molecule is CCC=CCCCC(CC)P(=O)(OC)OC. The number of unbranched alkanes of at least 4 members (excludes halogenated alkanes) is 1. The summed E-state index contributed by atoms with van der Waals surface area (Å²) in [7, 11) is 0.0535. The first-order valence-electron chi connectivity index (χ1n) is 6.00. The average molecular weight is 248 g/mol. The van der Waals surface area contributed by atoms with Gasteiger partial charge in [-0.3, -0.25) is 4.57 Å². The van der Waals surface area contributed by atoms with E-state index in [9.17, 15) is 4.57 Å². The van der Waals surface area contributed by atoms with Gasteiger partial charge in [0.25, 0.3) is 0 Å². The molecule has 3 nitrogen and oxygen atoms in total. The first kappa shape index (κ1) is 15.9. The maximum Gasteiger partial charge on any atom is 0.333 e. The van der Waals surface area contributed by atoms with Crippen LogP contribution >= 0.6 is 7.60 Å². The molecule has 0 spiro atoms. The molecule has 0 aliphatic carbocycles. The van der Waals surface area contributed by atoms with Crippen LogP contribution in [0.3, 0.4) is 0 Å². The van der Waals surface area contributed by atoms with Gasteiger partial charge in [-0.25, -0.2) is 0 Å². The second-order valence-corrected chi connectivity index (χ2v) is 6.32. The van der Waals surface area contributed by atoms with Crippen molar-refractivity contribution < 1.29 is 13.6 Å². The second-order valence-electron chi connectivity index (χ2n) is 3.78. The summed E-state index contributed by atoms with van der Waals surface area (Å²) in [6.45, 7) is 4.15. The zero-order chi connectivity index (χ0) is 12.4. The minimum atomic E-state index is -2.87. The van der Waals surface area contributed by atoms with Gasteiger partial charge in [0.15, 0.2) is 0 Å². The molecule has 0 heterocycles. The summed E-state index contributed by atoms with van der Waals surface area (Å²) in [5.74, 6) is 0. The Hall–Kier alpha value is -0.110. The summed E-state index contributed by atoms with van der Waals surface area (Å²) in [5, 5.41) is 0. The molecule has 0 amide bonds. The van der Waals surface area contributed by atoms with Gasteiger partial charge in [0.05, 0.1) is 5.66 Å². The van der Waals surface area contributed by atoms with Gasteiger partial charge in [0.1, 0.15) is 0 Å². The topological polar surface area (TPSA) is 35.5 Å². The lowest BCUT2D eigenvalue weighted by Crippen LogP contribution is -2.10. The van der Waals surface area contributed by atoms with Crippen LogP contribution in [0.1, 0.15) is 46.0 Å². The zero-order valence-corrected chi connectivity index (χ0v) is 11.8. The van der Waals surface area contributed by atoms with Crippen LogP contribution in [0, 0.1) is 0 Å². The van der Waals surface area contributed by atoms with Gasteiger partial charge >= 0.3 is 7.60 Å². The number of rotatable bonds is 9. The third kappa shape index (κ3) is 5.29. The van der Waals surface area contributed by atoms with Crippen molar-refractivity contribution in [1.82, 2.24) is 0 Å². The van der Waals surface area contributed by atoms with Crippen molar-refractivity contribution in [2.75, 3.05) is 14.2 Å². The fourth-order valence-corrected chi connectivity index (χ4v) is 3.41. The Morgan fingerprint density at radius 3 is 2.25 bits per heavy atom. The molecule has 0 radical (unpaired) electrons. The van der Waals surface area contributed by atoms with E-state index < -0.39 is 7.60 Å². The largest absolute Gasteiger partial charge is 0.333 e. The molecule has 0 saturated heterocycles. The monoisotopic (exact) mass is 248 g/mol. The van der Waals surface area contributed by atoms with E-state index in [-0.39, 0.29) is 5.66 Å². The van der Waals surface area contributed by atoms with Crippen LogP contribution < -0.4 is 0 Å². The molecule has 0 rings (SSSR count). The summed E-state index contributed by atoms with van der Waals surface area (Å²) in [6.07, 6.45) is 9.21. The van der Waals surface area contributed by atoms with Crippen molar-refractivity contribution in [1.29, 1.82) is 0 Å². The van der Waals surface area contributed by atoms with Gasteiger partial charge in [0.2, 0.25) is 0 Å². The fourth-order valence-electron chi connectivity index (χ4n) is 1.71. The van der Waals surface area contributed by atoms with Crippen LogP contribution in [0.5, 0.6) is 0 Å². The Bertz CT molecular complexity index is 230. The Kier molecular flexibility index (Phi) is 8.91. The minimum absolute atomic E-state index is 0.0255. The molecular weight excluding hydrogens is 223 g/mol. The second kappa shape index (κ2) is 8.98. The Labute approximate surface area is 99.8 Å². The predicted molar refractivity (Wildman–Crippen MR) is 69.0 cm³/mol. The van der Waals surface area contributed by atoms with Crippen LogP contribution in [-0.2, 0) is 13.6 Å². The van der Waals surface area contributed by atoms with Gasteiger partial charge in [0, 0.05) is 14.2 Å². The van der Waals surface area contributed by atoms with Gasteiger partial charge < -0.3 is 9.05 Å². The molecule has 0 aromatic rings. The molecule has 0 saturated carbocycles. The minimum Gasteiger partial charge on any atom is -0.312 e. The average Bonchev–Trinajstić information content (AvgIpc) is 2.33. The van der Waals surface area contributed by atoms with Crippen molar-refractivity contribution in [3.63, 3.8) is 0 Å². The van der Waals surface area contributed by atoms with Crippen LogP contribution in [0.4, 0.5) is 0 Å². The Morgan fingerprint density at radius 1 is 1.19 bits per heavy atom. The van der Waals surface area contributed by atoms with E-state index >= 15 is 0 Å². The van der Waals surface area contributed by atoms with Gasteiger partial charge in [-0.1, -0.05) is 26.0 Å². The third-order valence-corrected chi connectivity index (χ3v) is 5.27. The molecule has 0 aliphatic heterocycles. The van der Waals surface area contributed by atoms with Crippen molar-refractivity contribution in [3.8, 4) is 0 Å². The smallest absolute Gasteiger partial charge is 0.312 e. The number of hydrogen-bond acceptors (Lipinski definition) is 3. The van der Waals surface area contributed by atoms with Crippen molar-refractivity contribution in [2.24, 2.45) is 0 Å². The standard InChI is InChI=1S/C12H25O3P/c1-5-7-8-9-10-11-12(6-2)16(13,14-3)15-4/h7-8,12H,5-6,9-11H2,1-4H3. The molecule has 0 N–H and O–H groups in total. The number of allylic oxidation sites excluding steroid dienone is 2. The summed E-state index contributed by atoms with van der Waals surface area (Å²) < 4.78 is 22.2. The van der Waals surface area contributed by atoms with Crippen LogP contribution in [0.15, 0.2) is 12.2 Å². The lowest BCUT2D eigenvalue weighted by molar-refractivity contribution is 0.262. The summed E-state index contributed by atoms with van der Waals surface area (Å²) in [4.78, 5) is 0. The van der Waals surface area contributed by atoms with E-state index in [0.29, 0.717) is 0 Å². The van der Waals surface area contributed by atoms with Crippen molar-refractivity contribution in [3.05, 3.63) is 12.2 Å². The van der Waals surface area contributed by atoms with E-state index in [1.54, 1.807) is 0 Å². The molecule has 96 valence electrons. The highest BCUT2D eigenvalue weighted by atomic mass is 31.2. The molecule has 0 aliphatic rings. The van der Waals surface area contributed by atoms with Crippen molar-refractivity contribution >= 4 is 7.60 Å². The normalized spacial score (nSPS) is 14.5. The van der Waals surface area contributed by atoms with Crippen LogP contribution in [-0.4, -0.2) is 19.9 Å². The van der Waals surface area contributed by atoms with Gasteiger partial charge in [-0.15, -0.1) is 0 Å². The lowest BCUT2D eigenvalue weighted by Gasteiger charge is -2.22. The molecule has 1 atom stereocenters. The summed E-state index contributed by atoms with van der Waals surface area (Å²) >= 11 is 0. The van der Waals surface area contributed by atoms with E-state index in [1.165, 1.54) is 14.2 Å². The highest BCUT2D eigenvalue weighted by molar-refractivity contribution is 7.54. The molecule has 4 heteroatoms. The summed E-state index contributed by atoms with van der Waals surface area (Å²) in [6, 6.07) is 0.